The zero-order chi connectivity index (χ0) is 30.2. The fourth-order valence-electron chi connectivity index (χ4n) is 4.40. The van der Waals surface area contributed by atoms with E-state index in [4.69, 9.17) is 28.1 Å². The number of esters is 4. The first kappa shape index (κ1) is 29.2. The van der Waals surface area contributed by atoms with Crippen molar-refractivity contribution in [2.45, 2.75) is 31.3 Å². The van der Waals surface area contributed by atoms with Crippen LogP contribution in [0.25, 0.3) is 0 Å². The van der Waals surface area contributed by atoms with Gasteiger partial charge in [0.2, 0.25) is 5.89 Å². The van der Waals surface area contributed by atoms with Gasteiger partial charge in [-0.05, 0) is 43.3 Å². The van der Waals surface area contributed by atoms with Crippen LogP contribution in [0.4, 0.5) is 0 Å². The molecule has 43 heavy (non-hydrogen) atoms. The van der Waals surface area contributed by atoms with Crippen LogP contribution in [-0.4, -0.2) is 60.4 Å². The second kappa shape index (κ2) is 13.6. The van der Waals surface area contributed by atoms with E-state index in [0.29, 0.717) is 5.56 Å². The molecule has 0 spiro atoms. The van der Waals surface area contributed by atoms with E-state index in [9.17, 15) is 19.2 Å². The zero-order valence-electron chi connectivity index (χ0n) is 23.0. The molecule has 0 radical (unpaired) electrons. The maximum absolute atomic E-state index is 13.2. The van der Waals surface area contributed by atoms with Crippen molar-refractivity contribution in [2.75, 3.05) is 13.2 Å². The lowest BCUT2D eigenvalue weighted by atomic mass is 10.1. The van der Waals surface area contributed by atoms with Crippen LogP contribution >= 0.6 is 0 Å². The molecule has 4 aromatic rings. The Morgan fingerprint density at radius 2 is 1.19 bits per heavy atom. The summed E-state index contributed by atoms with van der Waals surface area (Å²) in [5, 5.41) is 0. The van der Waals surface area contributed by atoms with Crippen LogP contribution in [0, 0.1) is 0 Å². The molecule has 1 saturated heterocycles. The Bertz CT molecular complexity index is 1550. The van der Waals surface area contributed by atoms with Gasteiger partial charge in [0.1, 0.15) is 19.0 Å². The second-order valence-corrected chi connectivity index (χ2v) is 9.32. The van der Waals surface area contributed by atoms with Gasteiger partial charge in [0, 0.05) is 0 Å². The van der Waals surface area contributed by atoms with Gasteiger partial charge < -0.3 is 28.1 Å². The van der Waals surface area contributed by atoms with Crippen molar-refractivity contribution in [3.05, 3.63) is 126 Å². The molecule has 220 valence electrons. The van der Waals surface area contributed by atoms with Crippen molar-refractivity contribution in [1.82, 2.24) is 4.98 Å². The third-order valence-electron chi connectivity index (χ3n) is 6.45. The lowest BCUT2D eigenvalue weighted by Gasteiger charge is -2.24. The highest BCUT2D eigenvalue weighted by atomic mass is 16.7. The van der Waals surface area contributed by atoms with Gasteiger partial charge in [-0.1, -0.05) is 54.6 Å². The van der Waals surface area contributed by atoms with Crippen molar-refractivity contribution in [3.8, 4) is 0 Å². The Hall–Kier alpha value is -5.29. The van der Waals surface area contributed by atoms with Crippen LogP contribution in [0.1, 0.15) is 60.5 Å². The van der Waals surface area contributed by atoms with Gasteiger partial charge in [-0.3, -0.25) is 0 Å². The Morgan fingerprint density at radius 1 is 0.674 bits per heavy atom. The predicted octanol–water partition coefficient (Wildman–Crippen LogP) is 4.60. The molecule has 1 fully saturated rings. The van der Waals surface area contributed by atoms with Crippen LogP contribution in [0.15, 0.2) is 102 Å². The van der Waals surface area contributed by atoms with Crippen molar-refractivity contribution < 1.29 is 47.3 Å². The number of benzene rings is 3. The van der Waals surface area contributed by atoms with Gasteiger partial charge in [-0.25, -0.2) is 24.2 Å². The van der Waals surface area contributed by atoms with Crippen LogP contribution in [-0.2, 0) is 23.7 Å². The first-order valence-corrected chi connectivity index (χ1v) is 13.5. The SMILES string of the molecule is CCOC(=O)c1coc([C@@H]2O[C@H](COC(=O)c3ccccc3)[C@@H](OC(=O)c3ccccc3)[C@H]2OC(=O)c2ccccc2)n1. The largest absolute Gasteiger partial charge is 0.461 e. The maximum atomic E-state index is 13.2. The molecule has 1 aliphatic rings. The van der Waals surface area contributed by atoms with Gasteiger partial charge in [0.05, 0.1) is 23.3 Å². The smallest absolute Gasteiger partial charge is 0.360 e. The Morgan fingerprint density at radius 3 is 1.72 bits per heavy atom. The zero-order valence-corrected chi connectivity index (χ0v) is 23.0. The molecule has 1 aromatic heterocycles. The molecule has 3 aromatic carbocycles. The van der Waals surface area contributed by atoms with Crippen molar-refractivity contribution in [2.24, 2.45) is 0 Å². The minimum Gasteiger partial charge on any atom is -0.461 e. The number of nitrogens with zero attached hydrogens (tertiary/aromatic N) is 1. The molecule has 5 rings (SSSR count). The number of carbonyl (C=O) groups excluding carboxylic acids is 4. The summed E-state index contributed by atoms with van der Waals surface area (Å²) in [6.45, 7) is 1.39. The fourth-order valence-corrected chi connectivity index (χ4v) is 4.40. The van der Waals surface area contributed by atoms with E-state index in [1.54, 1.807) is 97.9 Å². The summed E-state index contributed by atoms with van der Waals surface area (Å²) < 4.78 is 33.9. The summed E-state index contributed by atoms with van der Waals surface area (Å²) in [6.07, 6.45) is -3.86. The van der Waals surface area contributed by atoms with Crippen LogP contribution < -0.4 is 0 Å². The van der Waals surface area contributed by atoms with Gasteiger partial charge in [0.15, 0.2) is 24.0 Å². The van der Waals surface area contributed by atoms with Crippen LogP contribution in [0.5, 0.6) is 0 Å². The van der Waals surface area contributed by atoms with Crippen molar-refractivity contribution in [1.29, 1.82) is 0 Å². The minimum absolute atomic E-state index is 0.116. The molecular formula is C32H27NO10. The van der Waals surface area contributed by atoms with E-state index < -0.39 is 48.3 Å². The Kier molecular flexibility index (Phi) is 9.23. The third kappa shape index (κ3) is 6.96. The highest BCUT2D eigenvalue weighted by Crippen LogP contribution is 2.38. The average molecular weight is 586 g/mol. The summed E-state index contributed by atoms with van der Waals surface area (Å²) in [5.74, 6) is -2.96. The van der Waals surface area contributed by atoms with E-state index in [-0.39, 0.29) is 35.9 Å². The predicted molar refractivity (Wildman–Crippen MR) is 148 cm³/mol. The normalized spacial score (nSPS) is 19.3. The minimum atomic E-state index is -1.31. The monoisotopic (exact) mass is 585 g/mol. The first-order valence-electron chi connectivity index (χ1n) is 13.5. The van der Waals surface area contributed by atoms with E-state index in [1.165, 1.54) is 0 Å². The number of hydrogen-bond acceptors (Lipinski definition) is 11. The molecule has 0 bridgehead atoms. The Balaban J connectivity index is 1.47. The van der Waals surface area contributed by atoms with Gasteiger partial charge in [-0.2, -0.15) is 0 Å². The molecular weight excluding hydrogens is 558 g/mol. The molecule has 0 saturated carbocycles. The summed E-state index contributed by atoms with van der Waals surface area (Å²) in [7, 11) is 0. The molecule has 0 amide bonds. The summed E-state index contributed by atoms with van der Waals surface area (Å²) in [4.78, 5) is 55.6. The maximum Gasteiger partial charge on any atom is 0.360 e. The van der Waals surface area contributed by atoms with Gasteiger partial charge >= 0.3 is 23.9 Å². The van der Waals surface area contributed by atoms with E-state index in [0.717, 1.165) is 6.26 Å². The van der Waals surface area contributed by atoms with Gasteiger partial charge in [-0.15, -0.1) is 0 Å². The molecule has 0 N–H and O–H groups in total. The van der Waals surface area contributed by atoms with Crippen LogP contribution in [0.2, 0.25) is 0 Å². The summed E-state index contributed by atoms with van der Waals surface area (Å²) >= 11 is 0. The lowest BCUT2D eigenvalue weighted by Crippen LogP contribution is -2.40. The lowest BCUT2D eigenvalue weighted by molar-refractivity contribution is -0.0468. The number of oxazole rings is 1. The van der Waals surface area contributed by atoms with Crippen molar-refractivity contribution >= 4 is 23.9 Å². The second-order valence-electron chi connectivity index (χ2n) is 9.32. The average Bonchev–Trinajstić information content (AvgIpc) is 3.66. The quantitative estimate of drug-likeness (QED) is 0.190. The third-order valence-corrected chi connectivity index (χ3v) is 6.45. The molecule has 2 heterocycles. The first-order chi connectivity index (χ1) is 20.9. The highest BCUT2D eigenvalue weighted by Gasteiger charge is 2.53. The van der Waals surface area contributed by atoms with E-state index in [1.807, 2.05) is 0 Å². The van der Waals surface area contributed by atoms with Crippen molar-refractivity contribution in [3.63, 3.8) is 0 Å². The number of hydrogen-bond donors (Lipinski definition) is 0. The fraction of sp³-hybridized carbons (Fsp3) is 0.219. The molecule has 11 nitrogen and oxygen atoms in total. The number of carbonyl (C=O) groups is 4. The molecule has 0 unspecified atom stereocenters. The van der Waals surface area contributed by atoms with Gasteiger partial charge in [0.25, 0.3) is 0 Å². The Labute approximate surface area is 246 Å². The van der Waals surface area contributed by atoms with E-state index in [2.05, 4.69) is 4.98 Å². The topological polar surface area (TPSA) is 140 Å². The number of rotatable bonds is 10. The standard InChI is InChI=1S/C32H27NO10/c1-2-38-32(37)23-18-39-28(33-23)27-26(43-31(36)22-16-10-5-11-17-22)25(42-30(35)21-14-8-4-9-15-21)24(41-27)19-40-29(34)20-12-6-3-7-13-20/h3-18,24-27H,2,19H2,1H3/t24-,25-,26-,27-/m1/s1. The molecule has 11 heteroatoms. The molecule has 4 atom stereocenters. The molecule has 1 aliphatic heterocycles. The van der Waals surface area contributed by atoms with E-state index >= 15 is 0 Å². The summed E-state index contributed by atoms with van der Waals surface area (Å²) in [5.41, 5.74) is 0.631. The molecule has 0 aliphatic carbocycles. The number of ether oxygens (including phenoxy) is 5. The highest BCUT2D eigenvalue weighted by molar-refractivity contribution is 5.91. The van der Waals surface area contributed by atoms with Crippen LogP contribution in [0.3, 0.4) is 0 Å². The summed E-state index contributed by atoms with van der Waals surface area (Å²) in [6, 6.07) is 24.7. The number of aromatic nitrogens is 1.